The Labute approximate surface area is 88.4 Å². The Morgan fingerprint density at radius 2 is 2.00 bits per heavy atom. The molecule has 8 heteroatoms. The molecule has 0 aliphatic carbocycles. The standard InChI is InChI=1S/C8H6F2N4O2/c9-7-2-1-6(5-8(7)10)12-3-4-13(11-12)14(15)16/h1-5,11H. The molecule has 0 fully saturated rings. The average molecular weight is 228 g/mol. The molecular weight excluding hydrogens is 222 g/mol. The summed E-state index contributed by atoms with van der Waals surface area (Å²) in [6.07, 6.45) is 2.46. The molecule has 2 rings (SSSR count). The van der Waals surface area contributed by atoms with Gasteiger partial charge in [-0.3, -0.25) is 5.01 Å². The third kappa shape index (κ3) is 1.77. The van der Waals surface area contributed by atoms with Crippen LogP contribution in [0.25, 0.3) is 0 Å². The van der Waals surface area contributed by atoms with E-state index in [1.165, 1.54) is 17.3 Å². The molecule has 1 aliphatic heterocycles. The van der Waals surface area contributed by atoms with Gasteiger partial charge in [0, 0.05) is 12.3 Å². The van der Waals surface area contributed by atoms with E-state index >= 15 is 0 Å². The maximum absolute atomic E-state index is 12.9. The second kappa shape index (κ2) is 3.74. The monoisotopic (exact) mass is 228 g/mol. The number of rotatable bonds is 2. The second-order valence-corrected chi connectivity index (χ2v) is 2.95. The Hall–Kier alpha value is -2.22. The number of anilines is 1. The molecule has 0 unspecified atom stereocenters. The number of nitrogens with zero attached hydrogens (tertiary/aromatic N) is 3. The van der Waals surface area contributed by atoms with Crippen LogP contribution in [0.2, 0.25) is 0 Å². The van der Waals surface area contributed by atoms with Crippen molar-refractivity contribution in [1.29, 1.82) is 0 Å². The summed E-state index contributed by atoms with van der Waals surface area (Å²) in [5, 5.41) is 11.4. The van der Waals surface area contributed by atoms with E-state index in [4.69, 9.17) is 0 Å². The summed E-state index contributed by atoms with van der Waals surface area (Å²) in [6.45, 7) is 0. The number of hydrogen-bond acceptors (Lipinski definition) is 4. The minimum atomic E-state index is -1.02. The first-order chi connectivity index (χ1) is 7.58. The van der Waals surface area contributed by atoms with Crippen LogP contribution in [0.1, 0.15) is 0 Å². The fraction of sp³-hybridized carbons (Fsp3) is 0. The molecule has 6 nitrogen and oxygen atoms in total. The molecular formula is C8H6F2N4O2. The van der Waals surface area contributed by atoms with E-state index in [9.17, 15) is 18.9 Å². The molecule has 0 amide bonds. The summed E-state index contributed by atoms with van der Waals surface area (Å²) in [5.74, 6) is -2.00. The fourth-order valence-electron chi connectivity index (χ4n) is 1.18. The lowest BCUT2D eigenvalue weighted by Gasteiger charge is -2.16. The molecule has 84 valence electrons. The first kappa shape index (κ1) is 10.3. The Morgan fingerprint density at radius 1 is 1.25 bits per heavy atom. The van der Waals surface area contributed by atoms with E-state index in [0.717, 1.165) is 18.3 Å². The Morgan fingerprint density at radius 3 is 2.56 bits per heavy atom. The van der Waals surface area contributed by atoms with Crippen molar-refractivity contribution >= 4 is 5.69 Å². The van der Waals surface area contributed by atoms with E-state index in [0.29, 0.717) is 5.12 Å². The van der Waals surface area contributed by atoms with Crippen molar-refractivity contribution in [3.05, 3.63) is 52.3 Å². The third-order valence-corrected chi connectivity index (χ3v) is 1.92. The topological polar surface area (TPSA) is 61.7 Å². The van der Waals surface area contributed by atoms with Gasteiger partial charge in [-0.05, 0) is 17.3 Å². The Bertz CT molecular complexity index is 465. The van der Waals surface area contributed by atoms with Gasteiger partial charge in [0.25, 0.3) is 0 Å². The Kier molecular flexibility index (Phi) is 2.41. The maximum atomic E-state index is 12.9. The predicted octanol–water partition coefficient (Wildman–Crippen LogP) is 1.17. The van der Waals surface area contributed by atoms with Gasteiger partial charge in [0.1, 0.15) is 6.20 Å². The van der Waals surface area contributed by atoms with Gasteiger partial charge in [-0.25, -0.2) is 18.9 Å². The van der Waals surface area contributed by atoms with E-state index in [2.05, 4.69) is 5.53 Å². The highest BCUT2D eigenvalue weighted by Gasteiger charge is 2.21. The predicted molar refractivity (Wildman–Crippen MR) is 49.9 cm³/mol. The van der Waals surface area contributed by atoms with Crippen molar-refractivity contribution < 1.29 is 13.8 Å². The lowest BCUT2D eigenvalue weighted by Crippen LogP contribution is -2.42. The molecule has 1 aromatic carbocycles. The molecule has 0 saturated carbocycles. The molecule has 0 atom stereocenters. The van der Waals surface area contributed by atoms with Crippen molar-refractivity contribution in [3.8, 4) is 0 Å². The molecule has 16 heavy (non-hydrogen) atoms. The molecule has 0 radical (unpaired) electrons. The highest BCUT2D eigenvalue weighted by Crippen LogP contribution is 2.18. The zero-order valence-corrected chi connectivity index (χ0v) is 7.80. The zero-order valence-electron chi connectivity index (χ0n) is 7.80. The van der Waals surface area contributed by atoms with Crippen LogP contribution in [-0.2, 0) is 0 Å². The van der Waals surface area contributed by atoms with E-state index < -0.39 is 16.7 Å². The highest BCUT2D eigenvalue weighted by atomic mass is 19.2. The van der Waals surface area contributed by atoms with Crippen LogP contribution < -0.4 is 10.5 Å². The number of hydrazine groups is 3. The van der Waals surface area contributed by atoms with E-state index in [1.54, 1.807) is 0 Å². The highest BCUT2D eigenvalue weighted by molar-refractivity contribution is 5.48. The van der Waals surface area contributed by atoms with Gasteiger partial charge in [-0.15, -0.1) is 0 Å². The number of benzene rings is 1. The second-order valence-electron chi connectivity index (χ2n) is 2.95. The molecule has 0 aromatic heterocycles. The van der Waals surface area contributed by atoms with Gasteiger partial charge in [0.2, 0.25) is 0 Å². The summed E-state index contributed by atoms with van der Waals surface area (Å²) in [4.78, 5) is 10.4. The fourth-order valence-corrected chi connectivity index (χ4v) is 1.18. The van der Waals surface area contributed by atoms with Crippen molar-refractivity contribution in [1.82, 2.24) is 10.7 Å². The summed E-state index contributed by atoms with van der Waals surface area (Å²) in [5.41, 5.74) is 2.57. The normalized spacial score (nSPS) is 14.6. The quantitative estimate of drug-likeness (QED) is 0.608. The van der Waals surface area contributed by atoms with Gasteiger partial charge in [-0.2, -0.15) is 0 Å². The largest absolute Gasteiger partial charge is 0.260 e. The molecule has 0 spiro atoms. The van der Waals surface area contributed by atoms with Crippen LogP contribution in [0.5, 0.6) is 0 Å². The minimum Gasteiger partial charge on any atom is -0.260 e. The Balaban J connectivity index is 2.18. The van der Waals surface area contributed by atoms with Crippen LogP contribution in [0.3, 0.4) is 0 Å². The van der Waals surface area contributed by atoms with Crippen LogP contribution in [0, 0.1) is 21.7 Å². The molecule has 1 aliphatic rings. The van der Waals surface area contributed by atoms with Crippen LogP contribution in [0.15, 0.2) is 30.6 Å². The lowest BCUT2D eigenvalue weighted by molar-refractivity contribution is -0.652. The average Bonchev–Trinajstić information content (AvgIpc) is 2.71. The van der Waals surface area contributed by atoms with Gasteiger partial charge in [0.15, 0.2) is 16.7 Å². The molecule has 0 saturated heterocycles. The first-order valence-electron chi connectivity index (χ1n) is 4.20. The lowest BCUT2D eigenvalue weighted by atomic mass is 10.3. The summed E-state index contributed by atoms with van der Waals surface area (Å²) < 4.78 is 25.5. The number of hydrogen-bond donors (Lipinski definition) is 1. The molecule has 1 N–H and O–H groups in total. The van der Waals surface area contributed by atoms with Gasteiger partial charge >= 0.3 is 0 Å². The van der Waals surface area contributed by atoms with Crippen molar-refractivity contribution in [3.63, 3.8) is 0 Å². The first-order valence-corrected chi connectivity index (χ1v) is 4.20. The molecule has 1 aromatic rings. The summed E-state index contributed by atoms with van der Waals surface area (Å²) in [7, 11) is 0. The van der Waals surface area contributed by atoms with Crippen LogP contribution in [0.4, 0.5) is 14.5 Å². The molecule has 1 heterocycles. The van der Waals surface area contributed by atoms with E-state index in [1.807, 2.05) is 0 Å². The van der Waals surface area contributed by atoms with Crippen LogP contribution >= 0.6 is 0 Å². The smallest absolute Gasteiger partial charge is 0.182 e. The van der Waals surface area contributed by atoms with Crippen LogP contribution in [-0.4, -0.2) is 10.2 Å². The summed E-state index contributed by atoms with van der Waals surface area (Å²) >= 11 is 0. The number of nitro groups is 1. The van der Waals surface area contributed by atoms with Gasteiger partial charge in [-0.1, -0.05) is 5.53 Å². The minimum absolute atomic E-state index is 0.250. The molecule has 0 bridgehead atoms. The van der Waals surface area contributed by atoms with Gasteiger partial charge < -0.3 is 0 Å². The van der Waals surface area contributed by atoms with Crippen molar-refractivity contribution in [2.24, 2.45) is 0 Å². The third-order valence-electron chi connectivity index (χ3n) is 1.92. The van der Waals surface area contributed by atoms with Crippen molar-refractivity contribution in [2.45, 2.75) is 0 Å². The van der Waals surface area contributed by atoms with Crippen molar-refractivity contribution in [2.75, 3.05) is 5.01 Å². The van der Waals surface area contributed by atoms with Gasteiger partial charge in [0.05, 0.1) is 5.69 Å². The SMILES string of the molecule is O=[N+]([O-])N1C=CN(c2ccc(F)c(F)c2)N1. The number of nitrogens with one attached hydrogen (secondary N) is 1. The summed E-state index contributed by atoms with van der Waals surface area (Å²) in [6, 6.07) is 3.16. The maximum Gasteiger partial charge on any atom is 0.182 e. The van der Waals surface area contributed by atoms with E-state index in [-0.39, 0.29) is 5.69 Å². The zero-order chi connectivity index (χ0) is 11.7. The number of halogens is 2.